The summed E-state index contributed by atoms with van der Waals surface area (Å²) >= 11 is 0. The van der Waals surface area contributed by atoms with Crippen molar-refractivity contribution in [3.05, 3.63) is 72.3 Å². The van der Waals surface area contributed by atoms with Crippen LogP contribution < -0.4 is 0 Å². The van der Waals surface area contributed by atoms with Gasteiger partial charge in [-0.15, -0.1) is 0 Å². The number of aromatic nitrogens is 2. The van der Waals surface area contributed by atoms with Gasteiger partial charge >= 0.3 is 0 Å². The van der Waals surface area contributed by atoms with Gasteiger partial charge in [-0.1, -0.05) is 0 Å². The van der Waals surface area contributed by atoms with Crippen molar-refractivity contribution in [3.63, 3.8) is 0 Å². The van der Waals surface area contributed by atoms with Crippen molar-refractivity contribution < 1.29 is 8.81 Å². The number of benzene rings is 2. The van der Waals surface area contributed by atoms with Crippen LogP contribution in [0, 0.1) is 12.7 Å². The largest absolute Gasteiger partial charge is 0.436 e. The molecule has 0 aliphatic rings. The molecule has 2 aromatic heterocycles. The fourth-order valence-corrected chi connectivity index (χ4v) is 2.55. The molecule has 4 heteroatoms. The number of oxazole rings is 1. The second-order valence-electron chi connectivity index (χ2n) is 5.23. The third kappa shape index (κ3) is 2.09. The van der Waals surface area contributed by atoms with E-state index in [4.69, 9.17) is 4.42 Å². The standard InChI is InChI=1S/C18H13FN2O/c1-12-10-15(21-8-2-3-9-21)11-16-17(12)22-18(20-16)13-4-6-14(19)7-5-13/h2-11H,1H3. The molecule has 0 N–H and O–H groups in total. The third-order valence-electron chi connectivity index (χ3n) is 3.65. The Bertz CT molecular complexity index is 937. The Morgan fingerprint density at radius 3 is 2.50 bits per heavy atom. The number of fused-ring (bicyclic) bond motifs is 1. The Kier molecular flexibility index (Phi) is 2.82. The molecule has 2 aromatic carbocycles. The Hall–Kier alpha value is -2.88. The van der Waals surface area contributed by atoms with E-state index in [2.05, 4.69) is 11.1 Å². The smallest absolute Gasteiger partial charge is 0.227 e. The van der Waals surface area contributed by atoms with Crippen LogP contribution >= 0.6 is 0 Å². The number of hydrogen-bond acceptors (Lipinski definition) is 2. The minimum absolute atomic E-state index is 0.272. The zero-order valence-corrected chi connectivity index (χ0v) is 12.0. The van der Waals surface area contributed by atoms with Crippen LogP contribution in [0.2, 0.25) is 0 Å². The molecule has 0 fully saturated rings. The maximum absolute atomic E-state index is 13.0. The highest BCUT2D eigenvalue weighted by Gasteiger charge is 2.12. The molecule has 0 atom stereocenters. The van der Waals surface area contributed by atoms with Crippen LogP contribution in [0.1, 0.15) is 5.56 Å². The van der Waals surface area contributed by atoms with E-state index in [1.165, 1.54) is 12.1 Å². The second-order valence-corrected chi connectivity index (χ2v) is 5.23. The summed E-state index contributed by atoms with van der Waals surface area (Å²) in [5, 5.41) is 0. The van der Waals surface area contributed by atoms with Gasteiger partial charge in [0.05, 0.1) is 0 Å². The van der Waals surface area contributed by atoms with Crippen LogP contribution in [0.3, 0.4) is 0 Å². The number of rotatable bonds is 2. The van der Waals surface area contributed by atoms with Crippen molar-refractivity contribution in [2.75, 3.05) is 0 Å². The van der Waals surface area contributed by atoms with Gasteiger partial charge in [-0.2, -0.15) is 0 Å². The summed E-state index contributed by atoms with van der Waals surface area (Å²) in [5.74, 6) is 0.230. The lowest BCUT2D eigenvalue weighted by molar-refractivity contribution is 0.614. The lowest BCUT2D eigenvalue weighted by atomic mass is 10.2. The van der Waals surface area contributed by atoms with Crippen LogP contribution in [-0.2, 0) is 0 Å². The first-order valence-electron chi connectivity index (χ1n) is 7.01. The Morgan fingerprint density at radius 1 is 1.05 bits per heavy atom. The van der Waals surface area contributed by atoms with E-state index in [0.29, 0.717) is 5.89 Å². The molecule has 0 amide bonds. The van der Waals surface area contributed by atoms with Crippen molar-refractivity contribution >= 4 is 11.1 Å². The molecule has 0 saturated heterocycles. The highest BCUT2D eigenvalue weighted by Crippen LogP contribution is 2.28. The minimum Gasteiger partial charge on any atom is -0.436 e. The number of nitrogens with zero attached hydrogens (tertiary/aromatic N) is 2. The molecule has 0 radical (unpaired) electrons. The van der Waals surface area contributed by atoms with Crippen molar-refractivity contribution in [1.29, 1.82) is 0 Å². The van der Waals surface area contributed by atoms with Gasteiger partial charge in [0.25, 0.3) is 0 Å². The monoisotopic (exact) mass is 292 g/mol. The average Bonchev–Trinajstić information content (AvgIpc) is 3.17. The molecule has 108 valence electrons. The molecular formula is C18H13FN2O. The molecule has 22 heavy (non-hydrogen) atoms. The maximum atomic E-state index is 13.0. The van der Waals surface area contributed by atoms with Gasteiger partial charge in [0, 0.05) is 23.6 Å². The molecule has 0 saturated carbocycles. The fraction of sp³-hybridized carbons (Fsp3) is 0.0556. The molecule has 2 heterocycles. The SMILES string of the molecule is Cc1cc(-n2cccc2)cc2nc(-c3ccc(F)cc3)oc12. The van der Waals surface area contributed by atoms with E-state index >= 15 is 0 Å². The van der Waals surface area contributed by atoms with Gasteiger partial charge in [-0.05, 0) is 61.0 Å². The molecule has 0 aliphatic heterocycles. The topological polar surface area (TPSA) is 31.0 Å². The zero-order chi connectivity index (χ0) is 15.1. The van der Waals surface area contributed by atoms with E-state index in [1.807, 2.05) is 42.1 Å². The van der Waals surface area contributed by atoms with Crippen molar-refractivity contribution in [2.24, 2.45) is 0 Å². The average molecular weight is 292 g/mol. The van der Waals surface area contributed by atoms with Crippen LogP contribution in [0.15, 0.2) is 65.3 Å². The Balaban J connectivity index is 1.87. The van der Waals surface area contributed by atoms with E-state index in [9.17, 15) is 4.39 Å². The molecule has 3 nitrogen and oxygen atoms in total. The van der Waals surface area contributed by atoms with Gasteiger partial charge in [0.2, 0.25) is 5.89 Å². The van der Waals surface area contributed by atoms with Gasteiger partial charge in [0.15, 0.2) is 5.58 Å². The third-order valence-corrected chi connectivity index (χ3v) is 3.65. The van der Waals surface area contributed by atoms with Gasteiger partial charge in [-0.3, -0.25) is 0 Å². The molecule has 0 bridgehead atoms. The molecular weight excluding hydrogens is 279 g/mol. The van der Waals surface area contributed by atoms with Crippen molar-refractivity contribution in [1.82, 2.24) is 9.55 Å². The molecule has 4 rings (SSSR count). The first-order valence-corrected chi connectivity index (χ1v) is 7.01. The fourth-order valence-electron chi connectivity index (χ4n) is 2.55. The first-order chi connectivity index (χ1) is 10.7. The molecule has 0 unspecified atom stereocenters. The summed E-state index contributed by atoms with van der Waals surface area (Å²) in [5.41, 5.74) is 4.37. The van der Waals surface area contributed by atoms with Crippen LogP contribution in [0.25, 0.3) is 28.2 Å². The Morgan fingerprint density at radius 2 is 1.77 bits per heavy atom. The van der Waals surface area contributed by atoms with E-state index in [-0.39, 0.29) is 5.82 Å². The lowest BCUT2D eigenvalue weighted by Gasteiger charge is -2.03. The van der Waals surface area contributed by atoms with E-state index < -0.39 is 0 Å². The highest BCUT2D eigenvalue weighted by molar-refractivity contribution is 5.81. The summed E-state index contributed by atoms with van der Waals surface area (Å²) in [4.78, 5) is 4.54. The number of hydrogen-bond donors (Lipinski definition) is 0. The number of aryl methyl sites for hydroxylation is 1. The normalized spacial score (nSPS) is 11.2. The van der Waals surface area contributed by atoms with Crippen LogP contribution in [0.5, 0.6) is 0 Å². The second kappa shape index (κ2) is 4.84. The maximum Gasteiger partial charge on any atom is 0.227 e. The molecule has 0 spiro atoms. The van der Waals surface area contributed by atoms with Crippen LogP contribution in [0.4, 0.5) is 4.39 Å². The molecule has 0 aliphatic carbocycles. The first kappa shape index (κ1) is 12.8. The van der Waals surface area contributed by atoms with Gasteiger partial charge < -0.3 is 8.98 Å². The highest BCUT2D eigenvalue weighted by atomic mass is 19.1. The Labute approximate surface area is 126 Å². The van der Waals surface area contributed by atoms with E-state index in [0.717, 1.165) is 27.9 Å². The molecule has 4 aromatic rings. The summed E-state index contributed by atoms with van der Waals surface area (Å²) in [6, 6.07) is 14.1. The van der Waals surface area contributed by atoms with Crippen molar-refractivity contribution in [2.45, 2.75) is 6.92 Å². The van der Waals surface area contributed by atoms with E-state index in [1.54, 1.807) is 12.1 Å². The van der Waals surface area contributed by atoms with Crippen LogP contribution in [-0.4, -0.2) is 9.55 Å². The quantitative estimate of drug-likeness (QED) is 0.534. The minimum atomic E-state index is -0.272. The number of halogens is 1. The summed E-state index contributed by atoms with van der Waals surface area (Å²) in [7, 11) is 0. The lowest BCUT2D eigenvalue weighted by Crippen LogP contribution is -1.90. The summed E-state index contributed by atoms with van der Waals surface area (Å²) in [6.45, 7) is 1.99. The van der Waals surface area contributed by atoms with Gasteiger partial charge in [-0.25, -0.2) is 9.37 Å². The predicted molar refractivity (Wildman–Crippen MR) is 83.5 cm³/mol. The summed E-state index contributed by atoms with van der Waals surface area (Å²) < 4.78 is 20.9. The summed E-state index contributed by atoms with van der Waals surface area (Å²) in [6.07, 6.45) is 3.98. The predicted octanol–water partition coefficient (Wildman–Crippen LogP) is 4.73. The van der Waals surface area contributed by atoms with Gasteiger partial charge in [0.1, 0.15) is 11.3 Å². The zero-order valence-electron chi connectivity index (χ0n) is 12.0. The van der Waals surface area contributed by atoms with Crippen molar-refractivity contribution in [3.8, 4) is 17.1 Å².